The molecule has 3 rings (SSSR count). The van der Waals surface area contributed by atoms with Gasteiger partial charge in [-0.15, -0.1) is 0 Å². The first-order valence-corrected chi connectivity index (χ1v) is 8.56. The third-order valence-corrected chi connectivity index (χ3v) is 4.21. The van der Waals surface area contributed by atoms with Crippen molar-refractivity contribution >= 4 is 23.4 Å². The number of alkyl halides is 3. The van der Waals surface area contributed by atoms with Gasteiger partial charge < -0.3 is 5.32 Å². The molecule has 27 heavy (non-hydrogen) atoms. The number of carbonyl (C=O) groups is 1. The number of nitrogens with zero attached hydrogens (tertiary/aromatic N) is 3. The minimum absolute atomic E-state index is 0.0946. The van der Waals surface area contributed by atoms with Crippen LogP contribution in [0.15, 0.2) is 64.6 Å². The lowest BCUT2D eigenvalue weighted by Crippen LogP contribution is -2.10. The van der Waals surface area contributed by atoms with Crippen molar-refractivity contribution in [2.24, 2.45) is 0 Å². The zero-order valence-electron chi connectivity index (χ0n) is 14.0. The fourth-order valence-corrected chi connectivity index (χ4v) is 2.98. The number of anilines is 1. The molecule has 2 aromatic heterocycles. The third kappa shape index (κ3) is 5.04. The Morgan fingerprint density at radius 1 is 1.07 bits per heavy atom. The van der Waals surface area contributed by atoms with Crippen molar-refractivity contribution in [3.63, 3.8) is 0 Å². The summed E-state index contributed by atoms with van der Waals surface area (Å²) in [5.74, 6) is -0.302. The van der Waals surface area contributed by atoms with E-state index < -0.39 is 11.9 Å². The molecule has 0 unspecified atom stereocenters. The second-order valence-electron chi connectivity index (χ2n) is 5.44. The molecular weight excluding hydrogens is 377 g/mol. The molecule has 0 fully saturated rings. The fourth-order valence-electron chi connectivity index (χ4n) is 2.16. The van der Waals surface area contributed by atoms with Gasteiger partial charge in [0.25, 0.3) is 0 Å². The van der Waals surface area contributed by atoms with E-state index in [4.69, 9.17) is 0 Å². The molecule has 5 nitrogen and oxygen atoms in total. The van der Waals surface area contributed by atoms with E-state index in [1.807, 2.05) is 0 Å². The minimum Gasteiger partial charge on any atom is -0.326 e. The molecular formula is C18H13F3N4OS. The van der Waals surface area contributed by atoms with Crippen LogP contribution in [-0.2, 0) is 11.0 Å². The molecule has 0 saturated heterocycles. The highest BCUT2D eigenvalue weighted by Crippen LogP contribution is 2.34. The predicted molar refractivity (Wildman–Crippen MR) is 95.1 cm³/mol. The van der Waals surface area contributed by atoms with E-state index in [1.165, 1.54) is 13.1 Å². The van der Waals surface area contributed by atoms with Gasteiger partial charge in [0.05, 0.1) is 0 Å². The molecule has 0 aliphatic rings. The normalized spacial score (nSPS) is 11.3. The topological polar surface area (TPSA) is 67.8 Å². The van der Waals surface area contributed by atoms with Crippen molar-refractivity contribution in [3.05, 3.63) is 60.4 Å². The molecule has 138 valence electrons. The lowest BCUT2D eigenvalue weighted by Gasteiger charge is -2.10. The molecule has 1 aromatic carbocycles. The number of hydrogen-bond acceptors (Lipinski definition) is 5. The molecule has 2 heterocycles. The molecule has 0 bridgehead atoms. The fraction of sp³-hybridized carbons (Fsp3) is 0.111. The van der Waals surface area contributed by atoms with Crippen LogP contribution in [0, 0.1) is 0 Å². The molecule has 9 heteroatoms. The SMILES string of the molecule is CC(=O)Nc1ccc(Sc2cc(C(F)(F)F)nc(-c3ccccn3)n2)cc1. The van der Waals surface area contributed by atoms with Crippen LogP contribution in [0.2, 0.25) is 0 Å². The molecule has 0 radical (unpaired) electrons. The van der Waals surface area contributed by atoms with Gasteiger partial charge in [0.15, 0.2) is 5.82 Å². The molecule has 3 aromatic rings. The molecule has 1 amide bonds. The lowest BCUT2D eigenvalue weighted by atomic mass is 10.3. The maximum absolute atomic E-state index is 13.2. The Bertz CT molecular complexity index is 947. The van der Waals surface area contributed by atoms with Crippen LogP contribution in [0.25, 0.3) is 11.5 Å². The maximum atomic E-state index is 13.2. The number of carbonyl (C=O) groups excluding carboxylic acids is 1. The summed E-state index contributed by atoms with van der Waals surface area (Å²) in [5.41, 5.74) is -0.179. The number of amides is 1. The van der Waals surface area contributed by atoms with Crippen molar-refractivity contribution in [1.82, 2.24) is 15.0 Å². The number of hydrogen-bond donors (Lipinski definition) is 1. The Morgan fingerprint density at radius 2 is 1.81 bits per heavy atom. The van der Waals surface area contributed by atoms with Crippen molar-refractivity contribution in [2.75, 3.05) is 5.32 Å². The quantitative estimate of drug-likeness (QED) is 0.656. The zero-order valence-corrected chi connectivity index (χ0v) is 14.8. The Morgan fingerprint density at radius 3 is 2.41 bits per heavy atom. The van der Waals surface area contributed by atoms with Crippen molar-refractivity contribution < 1.29 is 18.0 Å². The predicted octanol–water partition coefficient (Wildman–Crippen LogP) is 4.67. The van der Waals surface area contributed by atoms with Crippen molar-refractivity contribution in [2.45, 2.75) is 23.0 Å². The second-order valence-corrected chi connectivity index (χ2v) is 6.53. The van der Waals surface area contributed by atoms with Gasteiger partial charge in [0.1, 0.15) is 16.4 Å². The van der Waals surface area contributed by atoms with E-state index in [2.05, 4.69) is 20.3 Å². The number of aromatic nitrogens is 3. The first kappa shape index (κ1) is 18.8. The van der Waals surface area contributed by atoms with E-state index in [1.54, 1.807) is 42.5 Å². The third-order valence-electron chi connectivity index (χ3n) is 3.28. The van der Waals surface area contributed by atoms with Crippen molar-refractivity contribution in [1.29, 1.82) is 0 Å². The number of benzene rings is 1. The van der Waals surface area contributed by atoms with Crippen LogP contribution in [0.3, 0.4) is 0 Å². The highest BCUT2D eigenvalue weighted by Gasteiger charge is 2.34. The molecule has 1 N–H and O–H groups in total. The highest BCUT2D eigenvalue weighted by atomic mass is 32.2. The van der Waals surface area contributed by atoms with Crippen LogP contribution >= 0.6 is 11.8 Å². The number of nitrogens with one attached hydrogen (secondary N) is 1. The Labute approximate surface area is 157 Å². The van der Waals surface area contributed by atoms with Crippen LogP contribution in [0.5, 0.6) is 0 Å². The van der Waals surface area contributed by atoms with Crippen molar-refractivity contribution in [3.8, 4) is 11.5 Å². The number of rotatable bonds is 4. The Hall–Kier alpha value is -2.94. The van der Waals surface area contributed by atoms with Gasteiger partial charge in [0.2, 0.25) is 5.91 Å². The smallest absolute Gasteiger partial charge is 0.326 e. The molecule has 0 aliphatic carbocycles. The summed E-state index contributed by atoms with van der Waals surface area (Å²) in [7, 11) is 0. The van der Waals surface area contributed by atoms with Gasteiger partial charge in [-0.1, -0.05) is 17.8 Å². The molecule has 0 saturated carbocycles. The Kier molecular flexibility index (Phi) is 5.41. The van der Waals surface area contributed by atoms with Gasteiger partial charge in [0, 0.05) is 29.8 Å². The summed E-state index contributed by atoms with van der Waals surface area (Å²) in [4.78, 5) is 23.5. The van der Waals surface area contributed by atoms with E-state index >= 15 is 0 Å². The van der Waals surface area contributed by atoms with E-state index in [9.17, 15) is 18.0 Å². The van der Waals surface area contributed by atoms with Crippen LogP contribution in [-0.4, -0.2) is 20.9 Å². The van der Waals surface area contributed by atoms with E-state index in [0.29, 0.717) is 10.6 Å². The minimum atomic E-state index is -4.60. The van der Waals surface area contributed by atoms with Gasteiger partial charge in [-0.3, -0.25) is 9.78 Å². The van der Waals surface area contributed by atoms with E-state index in [-0.39, 0.29) is 22.5 Å². The summed E-state index contributed by atoms with van der Waals surface area (Å²) in [6, 6.07) is 12.5. The standard InChI is InChI=1S/C18H13F3N4OS/c1-11(26)23-12-5-7-13(8-6-12)27-16-10-15(18(19,20)21)24-17(25-16)14-4-2-3-9-22-14/h2-10H,1H3,(H,23,26). The average molecular weight is 390 g/mol. The van der Waals surface area contributed by atoms with Crippen LogP contribution in [0.1, 0.15) is 12.6 Å². The summed E-state index contributed by atoms with van der Waals surface area (Å²) in [5, 5.41) is 2.77. The monoisotopic (exact) mass is 390 g/mol. The average Bonchev–Trinajstić information content (AvgIpc) is 2.63. The number of pyridine rings is 1. The van der Waals surface area contributed by atoms with Crippen LogP contribution < -0.4 is 5.32 Å². The first-order chi connectivity index (χ1) is 12.8. The zero-order chi connectivity index (χ0) is 19.4. The molecule has 0 atom stereocenters. The highest BCUT2D eigenvalue weighted by molar-refractivity contribution is 7.99. The lowest BCUT2D eigenvalue weighted by molar-refractivity contribution is -0.141. The van der Waals surface area contributed by atoms with Gasteiger partial charge in [-0.25, -0.2) is 9.97 Å². The Balaban J connectivity index is 1.93. The maximum Gasteiger partial charge on any atom is 0.433 e. The molecule has 0 spiro atoms. The summed E-state index contributed by atoms with van der Waals surface area (Å²) < 4.78 is 39.6. The summed E-state index contributed by atoms with van der Waals surface area (Å²) in [6.45, 7) is 1.39. The first-order valence-electron chi connectivity index (χ1n) is 7.74. The summed E-state index contributed by atoms with van der Waals surface area (Å²) in [6.07, 6.45) is -3.14. The van der Waals surface area contributed by atoms with Gasteiger partial charge >= 0.3 is 6.18 Å². The van der Waals surface area contributed by atoms with Crippen LogP contribution in [0.4, 0.5) is 18.9 Å². The molecule has 0 aliphatic heterocycles. The van der Waals surface area contributed by atoms with Gasteiger partial charge in [-0.05, 0) is 36.4 Å². The second kappa shape index (κ2) is 7.75. The van der Waals surface area contributed by atoms with E-state index in [0.717, 1.165) is 17.8 Å². The number of halogens is 3. The largest absolute Gasteiger partial charge is 0.433 e. The van der Waals surface area contributed by atoms with Gasteiger partial charge in [-0.2, -0.15) is 13.2 Å². The summed E-state index contributed by atoms with van der Waals surface area (Å²) >= 11 is 1.06.